The summed E-state index contributed by atoms with van der Waals surface area (Å²) in [6.07, 6.45) is 2.45. The van der Waals surface area contributed by atoms with Crippen molar-refractivity contribution in [3.8, 4) is 0 Å². The number of aromatic carboxylic acids is 1. The maximum absolute atomic E-state index is 10.6. The molecule has 4 heteroatoms. The zero-order valence-corrected chi connectivity index (χ0v) is 7.65. The van der Waals surface area contributed by atoms with Gasteiger partial charge < -0.3 is 9.52 Å². The molecule has 14 heavy (non-hydrogen) atoms. The highest BCUT2D eigenvalue weighted by atomic mass is 16.4. The van der Waals surface area contributed by atoms with Gasteiger partial charge >= 0.3 is 5.97 Å². The van der Waals surface area contributed by atoms with Crippen molar-refractivity contribution < 1.29 is 14.3 Å². The molecule has 0 atom stereocenters. The summed E-state index contributed by atoms with van der Waals surface area (Å²) >= 11 is 0. The molecule has 2 aromatic heterocycles. The number of pyridine rings is 1. The summed E-state index contributed by atoms with van der Waals surface area (Å²) in [6, 6.07) is 3.38. The predicted molar refractivity (Wildman–Crippen MR) is 50.3 cm³/mol. The Balaban J connectivity index is 2.70. The van der Waals surface area contributed by atoms with E-state index in [1.807, 2.05) is 13.0 Å². The minimum Gasteiger partial charge on any atom is -0.475 e. The van der Waals surface area contributed by atoms with Gasteiger partial charge in [-0.25, -0.2) is 9.78 Å². The first-order valence-corrected chi connectivity index (χ1v) is 4.33. The Bertz CT molecular complexity index is 487. The molecule has 0 aliphatic heterocycles. The lowest BCUT2D eigenvalue weighted by Crippen LogP contribution is -1.91. The van der Waals surface area contributed by atoms with E-state index in [-0.39, 0.29) is 5.76 Å². The molecule has 2 heterocycles. The van der Waals surface area contributed by atoms with Crippen molar-refractivity contribution in [3.63, 3.8) is 0 Å². The molecule has 2 rings (SSSR count). The molecule has 0 saturated carbocycles. The van der Waals surface area contributed by atoms with Gasteiger partial charge in [-0.3, -0.25) is 0 Å². The monoisotopic (exact) mass is 191 g/mol. The summed E-state index contributed by atoms with van der Waals surface area (Å²) in [5.41, 5.74) is 1.44. The lowest BCUT2D eigenvalue weighted by molar-refractivity contribution is 0.0664. The van der Waals surface area contributed by atoms with Crippen LogP contribution >= 0.6 is 0 Å². The summed E-state index contributed by atoms with van der Waals surface area (Å²) in [7, 11) is 0. The Kier molecular flexibility index (Phi) is 1.96. The maximum Gasteiger partial charge on any atom is 0.371 e. The lowest BCUT2D eigenvalue weighted by atomic mass is 10.1. The topological polar surface area (TPSA) is 63.3 Å². The molecule has 72 valence electrons. The smallest absolute Gasteiger partial charge is 0.371 e. The van der Waals surface area contributed by atoms with Gasteiger partial charge in [0.25, 0.3) is 0 Å². The van der Waals surface area contributed by atoms with Crippen LogP contribution in [0.5, 0.6) is 0 Å². The molecule has 4 nitrogen and oxygen atoms in total. The fourth-order valence-electron chi connectivity index (χ4n) is 1.41. The molecule has 0 radical (unpaired) electrons. The number of hydrogen-bond acceptors (Lipinski definition) is 3. The highest BCUT2D eigenvalue weighted by molar-refractivity contribution is 5.91. The molecule has 0 aromatic carbocycles. The van der Waals surface area contributed by atoms with Crippen molar-refractivity contribution in [2.75, 3.05) is 0 Å². The number of aromatic nitrogens is 1. The lowest BCUT2D eigenvalue weighted by Gasteiger charge is -1.94. The van der Waals surface area contributed by atoms with Crippen LogP contribution in [0, 0.1) is 0 Å². The zero-order chi connectivity index (χ0) is 10.1. The van der Waals surface area contributed by atoms with E-state index in [0.29, 0.717) is 5.71 Å². The van der Waals surface area contributed by atoms with Gasteiger partial charge in [-0.05, 0) is 18.1 Å². The number of furan rings is 1. The minimum atomic E-state index is -1.06. The van der Waals surface area contributed by atoms with Crippen molar-refractivity contribution in [2.45, 2.75) is 13.3 Å². The summed E-state index contributed by atoms with van der Waals surface area (Å²) < 4.78 is 5.06. The van der Waals surface area contributed by atoms with Crippen LogP contribution in [0.3, 0.4) is 0 Å². The van der Waals surface area contributed by atoms with Gasteiger partial charge in [0.15, 0.2) is 0 Å². The van der Waals surface area contributed by atoms with E-state index in [4.69, 9.17) is 9.52 Å². The van der Waals surface area contributed by atoms with Crippen LogP contribution < -0.4 is 0 Å². The van der Waals surface area contributed by atoms with E-state index in [0.717, 1.165) is 17.4 Å². The highest BCUT2D eigenvalue weighted by Gasteiger charge is 2.12. The number of fused-ring (bicyclic) bond motifs is 1. The van der Waals surface area contributed by atoms with E-state index >= 15 is 0 Å². The summed E-state index contributed by atoms with van der Waals surface area (Å²) in [6.45, 7) is 2.00. The Labute approximate surface area is 80.2 Å². The van der Waals surface area contributed by atoms with Crippen LogP contribution in [-0.4, -0.2) is 16.1 Å². The molecule has 0 saturated heterocycles. The van der Waals surface area contributed by atoms with Crippen molar-refractivity contribution >= 4 is 17.1 Å². The van der Waals surface area contributed by atoms with Gasteiger partial charge in [0.2, 0.25) is 11.5 Å². The Morgan fingerprint density at radius 2 is 2.43 bits per heavy atom. The number of carbonyl (C=O) groups is 1. The second-order valence-corrected chi connectivity index (χ2v) is 2.96. The second-order valence-electron chi connectivity index (χ2n) is 2.96. The molecule has 2 aromatic rings. The van der Waals surface area contributed by atoms with E-state index in [1.54, 1.807) is 6.20 Å². The molecule has 0 aliphatic carbocycles. The SMILES string of the molecule is CCc1ccnc2oc(C(=O)O)cc12. The van der Waals surface area contributed by atoms with Gasteiger partial charge in [0.1, 0.15) is 0 Å². The van der Waals surface area contributed by atoms with E-state index < -0.39 is 5.97 Å². The molecule has 0 fully saturated rings. The van der Waals surface area contributed by atoms with Crippen LogP contribution in [0.2, 0.25) is 0 Å². The maximum atomic E-state index is 10.6. The fourth-order valence-corrected chi connectivity index (χ4v) is 1.41. The van der Waals surface area contributed by atoms with Crippen molar-refractivity contribution in [1.82, 2.24) is 4.98 Å². The van der Waals surface area contributed by atoms with Gasteiger partial charge in [-0.15, -0.1) is 0 Å². The Hall–Kier alpha value is -1.84. The first-order valence-electron chi connectivity index (χ1n) is 4.33. The first-order chi connectivity index (χ1) is 6.72. The third-order valence-electron chi connectivity index (χ3n) is 2.12. The van der Waals surface area contributed by atoms with Crippen LogP contribution in [0.15, 0.2) is 22.7 Å². The average molecular weight is 191 g/mol. The molecular formula is C10H9NO3. The van der Waals surface area contributed by atoms with Crippen LogP contribution in [0.4, 0.5) is 0 Å². The number of carboxylic acids is 1. The van der Waals surface area contributed by atoms with Crippen LogP contribution in [-0.2, 0) is 6.42 Å². The van der Waals surface area contributed by atoms with E-state index in [9.17, 15) is 4.79 Å². The fraction of sp³-hybridized carbons (Fsp3) is 0.200. The Morgan fingerprint density at radius 3 is 3.07 bits per heavy atom. The molecule has 0 spiro atoms. The van der Waals surface area contributed by atoms with Crippen molar-refractivity contribution in [3.05, 3.63) is 29.7 Å². The molecule has 0 aliphatic rings. The summed E-state index contributed by atoms with van der Waals surface area (Å²) in [4.78, 5) is 14.6. The van der Waals surface area contributed by atoms with E-state index in [1.165, 1.54) is 6.07 Å². The molecule has 0 bridgehead atoms. The number of aryl methyl sites for hydroxylation is 1. The van der Waals surface area contributed by atoms with Gasteiger partial charge in [0, 0.05) is 17.6 Å². The van der Waals surface area contributed by atoms with Crippen molar-refractivity contribution in [1.29, 1.82) is 0 Å². The number of rotatable bonds is 2. The average Bonchev–Trinajstić information content (AvgIpc) is 2.60. The summed E-state index contributed by atoms with van der Waals surface area (Å²) in [5, 5.41) is 9.51. The zero-order valence-electron chi connectivity index (χ0n) is 7.65. The number of carboxylic acid groups (broad SMARTS) is 1. The number of nitrogens with zero attached hydrogens (tertiary/aromatic N) is 1. The summed E-state index contributed by atoms with van der Waals surface area (Å²) in [5.74, 6) is -1.13. The number of hydrogen-bond donors (Lipinski definition) is 1. The van der Waals surface area contributed by atoms with Crippen LogP contribution in [0.1, 0.15) is 23.0 Å². The third kappa shape index (κ3) is 1.25. The molecule has 0 amide bonds. The van der Waals surface area contributed by atoms with Gasteiger partial charge in [0.05, 0.1) is 0 Å². The molecule has 0 unspecified atom stereocenters. The minimum absolute atomic E-state index is 0.0617. The second kappa shape index (κ2) is 3.14. The van der Waals surface area contributed by atoms with Gasteiger partial charge in [-0.1, -0.05) is 6.92 Å². The molecular weight excluding hydrogens is 182 g/mol. The highest BCUT2D eigenvalue weighted by Crippen LogP contribution is 2.21. The standard InChI is InChI=1S/C10H9NO3/c1-2-6-3-4-11-9-7(6)5-8(14-9)10(12)13/h3-5H,2H2,1H3,(H,12,13). The normalized spacial score (nSPS) is 10.6. The largest absolute Gasteiger partial charge is 0.475 e. The Morgan fingerprint density at radius 1 is 1.64 bits per heavy atom. The van der Waals surface area contributed by atoms with Gasteiger partial charge in [-0.2, -0.15) is 0 Å². The molecule has 1 N–H and O–H groups in total. The first kappa shape index (κ1) is 8.74. The quantitative estimate of drug-likeness (QED) is 0.789. The third-order valence-corrected chi connectivity index (χ3v) is 2.12. The van der Waals surface area contributed by atoms with Crippen molar-refractivity contribution in [2.24, 2.45) is 0 Å². The van der Waals surface area contributed by atoms with Crippen LogP contribution in [0.25, 0.3) is 11.1 Å². The predicted octanol–water partition coefficient (Wildman–Crippen LogP) is 2.09. The van der Waals surface area contributed by atoms with E-state index in [2.05, 4.69) is 4.98 Å².